The second kappa shape index (κ2) is 8.81. The Morgan fingerprint density at radius 2 is 1.79 bits per heavy atom. The molecule has 6 nitrogen and oxygen atoms in total. The summed E-state index contributed by atoms with van der Waals surface area (Å²) in [7, 11) is 0. The van der Waals surface area contributed by atoms with Crippen LogP contribution in [0.5, 0.6) is 0 Å². The summed E-state index contributed by atoms with van der Waals surface area (Å²) in [5, 5.41) is 12.7. The van der Waals surface area contributed by atoms with Gasteiger partial charge in [0.15, 0.2) is 0 Å². The van der Waals surface area contributed by atoms with Crippen molar-refractivity contribution in [1.29, 1.82) is 0 Å². The highest BCUT2D eigenvalue weighted by atomic mass is 35.5. The third-order valence-corrected chi connectivity index (χ3v) is 7.81. The topological polar surface area (TPSA) is 62.9 Å². The zero-order valence-corrected chi connectivity index (χ0v) is 20.0. The number of benzene rings is 2. The quantitative estimate of drug-likeness (QED) is 0.358. The van der Waals surface area contributed by atoms with E-state index in [0.29, 0.717) is 0 Å². The minimum Gasteiger partial charge on any atom is -0.267 e. The molecule has 3 heterocycles. The standard InChI is InChI=1S/C26H22ClN5OS/c27-19-9-7-18(8-10-19)22-13-14-31(30-22)20-11-5-17(6-12-20)15-29-32-16-28-25-24(26(32)33)21-3-1-2-4-23(21)34-25/h5-12,15-16H,1-4,13-14H2/b29-15-. The van der Waals surface area contributed by atoms with Gasteiger partial charge in [-0.1, -0.05) is 35.9 Å². The van der Waals surface area contributed by atoms with Crippen molar-refractivity contribution in [3.63, 3.8) is 0 Å². The van der Waals surface area contributed by atoms with Crippen LogP contribution in [0.2, 0.25) is 5.02 Å². The highest BCUT2D eigenvalue weighted by molar-refractivity contribution is 7.18. The summed E-state index contributed by atoms with van der Waals surface area (Å²) >= 11 is 7.65. The molecular formula is C26H22ClN5OS. The molecule has 0 spiro atoms. The molecule has 0 radical (unpaired) electrons. The fourth-order valence-electron chi connectivity index (χ4n) is 4.57. The molecule has 0 atom stereocenters. The fourth-order valence-corrected chi connectivity index (χ4v) is 5.91. The van der Waals surface area contributed by atoms with E-state index in [1.807, 2.05) is 53.5 Å². The van der Waals surface area contributed by atoms with E-state index in [2.05, 4.69) is 10.1 Å². The predicted molar refractivity (Wildman–Crippen MR) is 140 cm³/mol. The average molecular weight is 488 g/mol. The van der Waals surface area contributed by atoms with E-state index in [9.17, 15) is 4.79 Å². The molecule has 1 aliphatic heterocycles. The summed E-state index contributed by atoms with van der Waals surface area (Å²) in [5.74, 6) is 0. The maximum absolute atomic E-state index is 13.1. The maximum atomic E-state index is 13.1. The van der Waals surface area contributed by atoms with Gasteiger partial charge in [-0.3, -0.25) is 9.80 Å². The molecule has 170 valence electrons. The number of hydrogen-bond donors (Lipinski definition) is 0. The first-order chi connectivity index (χ1) is 16.7. The number of aromatic nitrogens is 2. The number of thiophene rings is 1. The number of aryl methyl sites for hydroxylation is 2. The van der Waals surface area contributed by atoms with Crippen molar-refractivity contribution in [2.75, 3.05) is 11.6 Å². The van der Waals surface area contributed by atoms with E-state index in [4.69, 9.17) is 16.7 Å². The number of fused-ring (bicyclic) bond motifs is 3. The van der Waals surface area contributed by atoms with Crippen LogP contribution in [0.1, 0.15) is 40.8 Å². The van der Waals surface area contributed by atoms with E-state index < -0.39 is 0 Å². The van der Waals surface area contributed by atoms with Crippen LogP contribution in [-0.2, 0) is 12.8 Å². The van der Waals surface area contributed by atoms with Gasteiger partial charge >= 0.3 is 0 Å². The molecule has 0 saturated heterocycles. The van der Waals surface area contributed by atoms with Gasteiger partial charge in [0.1, 0.15) is 11.2 Å². The Balaban J connectivity index is 1.21. The SMILES string of the molecule is O=c1c2c3c(sc2ncn1/N=C\c1ccc(N2CCC(c4ccc(Cl)cc4)=N2)cc1)CCCC3. The van der Waals surface area contributed by atoms with E-state index >= 15 is 0 Å². The second-order valence-electron chi connectivity index (χ2n) is 8.55. The van der Waals surface area contributed by atoms with Crippen molar-refractivity contribution >= 4 is 50.8 Å². The smallest absolute Gasteiger partial charge is 0.267 e. The van der Waals surface area contributed by atoms with Gasteiger partial charge in [0.2, 0.25) is 0 Å². The Morgan fingerprint density at radius 1 is 1.00 bits per heavy atom. The van der Waals surface area contributed by atoms with E-state index in [0.717, 1.165) is 70.0 Å². The Morgan fingerprint density at radius 3 is 2.62 bits per heavy atom. The normalized spacial score (nSPS) is 15.8. The summed E-state index contributed by atoms with van der Waals surface area (Å²) in [5.41, 5.74) is 5.18. The van der Waals surface area contributed by atoms with Crippen molar-refractivity contribution < 1.29 is 0 Å². The highest BCUT2D eigenvalue weighted by Crippen LogP contribution is 2.33. The molecule has 34 heavy (non-hydrogen) atoms. The minimum atomic E-state index is -0.0848. The zero-order chi connectivity index (χ0) is 23.1. The minimum absolute atomic E-state index is 0.0848. The van der Waals surface area contributed by atoms with Gasteiger partial charge in [-0.05, 0) is 66.6 Å². The van der Waals surface area contributed by atoms with Gasteiger partial charge in [-0.25, -0.2) is 4.98 Å². The van der Waals surface area contributed by atoms with Crippen LogP contribution in [0.25, 0.3) is 10.2 Å². The van der Waals surface area contributed by atoms with Crippen molar-refractivity contribution in [3.05, 3.63) is 91.8 Å². The summed E-state index contributed by atoms with van der Waals surface area (Å²) in [6, 6.07) is 15.8. The lowest BCUT2D eigenvalue weighted by Crippen LogP contribution is -2.18. The highest BCUT2D eigenvalue weighted by Gasteiger charge is 2.20. The summed E-state index contributed by atoms with van der Waals surface area (Å²) < 4.78 is 1.35. The molecule has 2 aliphatic rings. The Kier molecular flexibility index (Phi) is 5.51. The second-order valence-corrected chi connectivity index (χ2v) is 10.1. The molecule has 2 aromatic heterocycles. The fraction of sp³-hybridized carbons (Fsp3) is 0.231. The summed E-state index contributed by atoms with van der Waals surface area (Å²) in [6.45, 7) is 0.831. The number of anilines is 1. The van der Waals surface area contributed by atoms with Gasteiger partial charge < -0.3 is 0 Å². The van der Waals surface area contributed by atoms with Crippen LogP contribution < -0.4 is 10.6 Å². The van der Waals surface area contributed by atoms with Crippen molar-refractivity contribution in [2.24, 2.45) is 10.2 Å². The first kappa shape index (κ1) is 21.3. The van der Waals surface area contributed by atoms with Gasteiger partial charge in [0.05, 0.1) is 23.0 Å². The molecule has 4 aromatic rings. The van der Waals surface area contributed by atoms with Crippen LogP contribution in [0, 0.1) is 0 Å². The molecule has 0 amide bonds. The lowest BCUT2D eigenvalue weighted by atomic mass is 9.97. The van der Waals surface area contributed by atoms with Crippen LogP contribution in [-0.4, -0.2) is 28.1 Å². The van der Waals surface area contributed by atoms with Crippen LogP contribution >= 0.6 is 22.9 Å². The first-order valence-corrected chi connectivity index (χ1v) is 12.6. The van der Waals surface area contributed by atoms with Crippen molar-refractivity contribution in [2.45, 2.75) is 32.1 Å². The Labute approximate surface area is 205 Å². The monoisotopic (exact) mass is 487 g/mol. The zero-order valence-electron chi connectivity index (χ0n) is 18.4. The lowest BCUT2D eigenvalue weighted by Gasteiger charge is -2.13. The summed E-state index contributed by atoms with van der Waals surface area (Å²) in [6.07, 6.45) is 8.43. The lowest BCUT2D eigenvalue weighted by molar-refractivity contribution is 0.699. The molecule has 2 aromatic carbocycles. The first-order valence-electron chi connectivity index (χ1n) is 11.4. The molecular weight excluding hydrogens is 466 g/mol. The number of hydrazone groups is 1. The number of hydrogen-bond acceptors (Lipinski definition) is 6. The number of nitrogens with zero attached hydrogens (tertiary/aromatic N) is 5. The van der Waals surface area contributed by atoms with Gasteiger partial charge in [0, 0.05) is 22.9 Å². The van der Waals surface area contributed by atoms with Crippen LogP contribution in [0.3, 0.4) is 0 Å². The molecule has 0 N–H and O–H groups in total. The van der Waals surface area contributed by atoms with Gasteiger partial charge in [0.25, 0.3) is 5.56 Å². The molecule has 0 fully saturated rings. The van der Waals surface area contributed by atoms with Gasteiger partial charge in [-0.15, -0.1) is 11.3 Å². The molecule has 0 unspecified atom stereocenters. The summed E-state index contributed by atoms with van der Waals surface area (Å²) in [4.78, 5) is 19.7. The molecule has 0 saturated carbocycles. The number of halogens is 1. The Bertz CT molecular complexity index is 1480. The third kappa shape index (κ3) is 3.95. The third-order valence-electron chi connectivity index (χ3n) is 6.36. The van der Waals surface area contributed by atoms with Crippen molar-refractivity contribution in [3.8, 4) is 0 Å². The maximum Gasteiger partial charge on any atom is 0.282 e. The molecule has 1 aliphatic carbocycles. The molecule has 0 bridgehead atoms. The van der Waals surface area contributed by atoms with E-state index in [-0.39, 0.29) is 5.56 Å². The predicted octanol–water partition coefficient (Wildman–Crippen LogP) is 5.49. The van der Waals surface area contributed by atoms with Gasteiger partial charge in [-0.2, -0.15) is 14.9 Å². The Hall–Kier alpha value is -3.29. The molecule has 6 rings (SSSR count). The average Bonchev–Trinajstić information content (AvgIpc) is 3.50. The van der Waals surface area contributed by atoms with E-state index in [1.54, 1.807) is 17.6 Å². The number of rotatable bonds is 4. The molecule has 8 heteroatoms. The van der Waals surface area contributed by atoms with Crippen molar-refractivity contribution in [1.82, 2.24) is 9.66 Å². The largest absolute Gasteiger partial charge is 0.282 e. The van der Waals surface area contributed by atoms with E-state index in [1.165, 1.54) is 27.9 Å². The van der Waals surface area contributed by atoms with Crippen LogP contribution in [0.4, 0.5) is 5.69 Å². The van der Waals surface area contributed by atoms with Crippen LogP contribution in [0.15, 0.2) is 69.9 Å².